The molecule has 0 bridgehead atoms. The van der Waals surface area contributed by atoms with Crippen LogP contribution >= 0.6 is 11.8 Å². The molecule has 1 aromatic carbocycles. The Kier molecular flexibility index (Phi) is 3.18. The van der Waals surface area contributed by atoms with Gasteiger partial charge in [0.1, 0.15) is 28.8 Å². The van der Waals surface area contributed by atoms with Crippen LogP contribution in [0.5, 0.6) is 0 Å². The van der Waals surface area contributed by atoms with Crippen LogP contribution in [0.1, 0.15) is 17.5 Å². The van der Waals surface area contributed by atoms with Gasteiger partial charge in [-0.3, -0.25) is 0 Å². The van der Waals surface area contributed by atoms with Gasteiger partial charge in [0, 0.05) is 0 Å². The summed E-state index contributed by atoms with van der Waals surface area (Å²) in [6.45, 7) is 0. The highest BCUT2D eigenvalue weighted by Crippen LogP contribution is 2.25. The molecule has 0 radical (unpaired) electrons. The molecule has 0 aliphatic rings. The Balaban J connectivity index is 2.06. The molecule has 0 saturated carbocycles. The van der Waals surface area contributed by atoms with Crippen molar-refractivity contribution in [1.29, 1.82) is 0 Å². The van der Waals surface area contributed by atoms with Crippen molar-refractivity contribution in [3.05, 3.63) is 48.0 Å². The van der Waals surface area contributed by atoms with Gasteiger partial charge in [0.25, 0.3) is 0 Å². The van der Waals surface area contributed by atoms with Gasteiger partial charge in [0.05, 0.1) is 0 Å². The Hall–Kier alpha value is -1.92. The van der Waals surface area contributed by atoms with Gasteiger partial charge in [-0.05, 0) is 11.8 Å². The molecule has 1 atom stereocenters. The topological polar surface area (TPSA) is 74.7 Å². The van der Waals surface area contributed by atoms with Crippen LogP contribution in [0.4, 0.5) is 0 Å². The second-order valence-electron chi connectivity index (χ2n) is 4.02. The molecule has 0 aliphatic carbocycles. The van der Waals surface area contributed by atoms with Crippen LogP contribution < -0.4 is 0 Å². The van der Waals surface area contributed by atoms with Gasteiger partial charge < -0.3 is 10.1 Å². The Morgan fingerprint density at radius 1 is 1.21 bits per heavy atom. The Morgan fingerprint density at radius 3 is 2.74 bits per heavy atom. The van der Waals surface area contributed by atoms with Crippen LogP contribution in [-0.4, -0.2) is 31.3 Å². The third kappa shape index (κ3) is 2.20. The van der Waals surface area contributed by atoms with Crippen molar-refractivity contribution in [3.63, 3.8) is 0 Å². The second-order valence-corrected chi connectivity index (χ2v) is 4.81. The minimum Gasteiger partial charge on any atom is -0.380 e. The maximum absolute atomic E-state index is 10.3. The van der Waals surface area contributed by atoms with Gasteiger partial charge in [0.2, 0.25) is 0 Å². The number of thioether (sulfide) groups is 1. The van der Waals surface area contributed by atoms with Crippen molar-refractivity contribution in [2.75, 3.05) is 6.26 Å². The van der Waals surface area contributed by atoms with E-state index in [2.05, 4.69) is 19.9 Å². The van der Waals surface area contributed by atoms with Gasteiger partial charge in [-0.15, -0.1) is 11.8 Å². The summed E-state index contributed by atoms with van der Waals surface area (Å²) in [6.07, 6.45) is 2.63. The summed E-state index contributed by atoms with van der Waals surface area (Å²) < 4.78 is 0. The van der Waals surface area contributed by atoms with E-state index in [0.717, 1.165) is 16.1 Å². The van der Waals surface area contributed by atoms with E-state index in [0.29, 0.717) is 11.5 Å². The molecule has 96 valence electrons. The summed E-state index contributed by atoms with van der Waals surface area (Å²) in [6, 6.07) is 9.40. The Labute approximate surface area is 114 Å². The largest absolute Gasteiger partial charge is 0.380 e. The molecule has 2 N–H and O–H groups in total. The van der Waals surface area contributed by atoms with Crippen LogP contribution in [0, 0.1) is 0 Å². The van der Waals surface area contributed by atoms with Gasteiger partial charge in [-0.25, -0.2) is 15.0 Å². The van der Waals surface area contributed by atoms with E-state index in [4.69, 9.17) is 0 Å². The third-order valence-corrected chi connectivity index (χ3v) is 3.54. The molecule has 3 rings (SSSR count). The van der Waals surface area contributed by atoms with E-state index in [1.165, 1.54) is 18.1 Å². The zero-order valence-corrected chi connectivity index (χ0v) is 11.1. The quantitative estimate of drug-likeness (QED) is 0.564. The molecule has 0 aliphatic heterocycles. The zero-order chi connectivity index (χ0) is 13.2. The monoisotopic (exact) mass is 272 g/mol. The third-order valence-electron chi connectivity index (χ3n) is 2.84. The molecule has 5 nitrogen and oxygen atoms in total. The molecule has 0 amide bonds. The first-order valence-electron chi connectivity index (χ1n) is 5.77. The van der Waals surface area contributed by atoms with Crippen molar-refractivity contribution in [3.8, 4) is 0 Å². The number of nitrogens with zero attached hydrogens (tertiary/aromatic N) is 3. The summed E-state index contributed by atoms with van der Waals surface area (Å²) in [5.41, 5.74) is 2.13. The summed E-state index contributed by atoms with van der Waals surface area (Å²) in [4.78, 5) is 15.7. The summed E-state index contributed by atoms with van der Waals surface area (Å²) in [5, 5.41) is 11.1. The number of rotatable bonds is 3. The SMILES string of the molecule is CSc1ncnc2nc([C@H](O)c3ccccc3)[nH]c12. The Morgan fingerprint density at radius 2 is 2.00 bits per heavy atom. The number of aliphatic hydroxyl groups is 1. The zero-order valence-electron chi connectivity index (χ0n) is 10.2. The lowest BCUT2D eigenvalue weighted by Gasteiger charge is -2.06. The first kappa shape index (κ1) is 12.1. The number of aliphatic hydroxyl groups excluding tert-OH is 1. The molecular weight excluding hydrogens is 260 g/mol. The normalized spacial score (nSPS) is 12.7. The lowest BCUT2D eigenvalue weighted by molar-refractivity contribution is 0.211. The van der Waals surface area contributed by atoms with Crippen molar-refractivity contribution in [2.24, 2.45) is 0 Å². The average molecular weight is 272 g/mol. The predicted octanol–water partition coefficient (Wildman–Crippen LogP) is 2.16. The molecule has 0 unspecified atom stereocenters. The number of hydrogen-bond donors (Lipinski definition) is 2. The highest BCUT2D eigenvalue weighted by molar-refractivity contribution is 7.98. The van der Waals surface area contributed by atoms with Crippen molar-refractivity contribution < 1.29 is 5.11 Å². The number of H-pyrrole nitrogens is 1. The summed E-state index contributed by atoms with van der Waals surface area (Å²) in [5.74, 6) is 0.483. The summed E-state index contributed by atoms with van der Waals surface area (Å²) in [7, 11) is 0. The van der Waals surface area contributed by atoms with E-state index in [1.54, 1.807) is 0 Å². The van der Waals surface area contributed by atoms with Crippen LogP contribution in [0.3, 0.4) is 0 Å². The standard InChI is InChI=1S/C13H12N4OS/c1-19-13-9-11(14-7-15-13)17-12(16-9)10(18)8-5-3-2-4-6-8/h2-7,10,18H,1H3,(H,14,15,16,17)/t10-/m1/s1. The molecule has 0 saturated heterocycles. The fourth-order valence-electron chi connectivity index (χ4n) is 1.90. The lowest BCUT2D eigenvalue weighted by atomic mass is 10.1. The smallest absolute Gasteiger partial charge is 0.182 e. The summed E-state index contributed by atoms with van der Waals surface area (Å²) >= 11 is 1.52. The number of aromatic amines is 1. The highest BCUT2D eigenvalue weighted by atomic mass is 32.2. The molecule has 3 aromatic rings. The minimum absolute atomic E-state index is 0.483. The van der Waals surface area contributed by atoms with Crippen LogP contribution in [0.15, 0.2) is 41.7 Å². The molecule has 2 aromatic heterocycles. The van der Waals surface area contributed by atoms with E-state index >= 15 is 0 Å². The molecule has 0 fully saturated rings. The second kappa shape index (κ2) is 4.99. The highest BCUT2D eigenvalue weighted by Gasteiger charge is 2.16. The first-order valence-corrected chi connectivity index (χ1v) is 6.99. The number of nitrogens with one attached hydrogen (secondary N) is 1. The molecule has 6 heteroatoms. The van der Waals surface area contributed by atoms with Crippen LogP contribution in [0.25, 0.3) is 11.2 Å². The fraction of sp³-hybridized carbons (Fsp3) is 0.154. The minimum atomic E-state index is -0.787. The number of benzene rings is 1. The molecule has 19 heavy (non-hydrogen) atoms. The van der Waals surface area contributed by atoms with Gasteiger partial charge >= 0.3 is 0 Å². The van der Waals surface area contributed by atoms with Crippen LogP contribution in [0.2, 0.25) is 0 Å². The van der Waals surface area contributed by atoms with Gasteiger partial charge in [-0.1, -0.05) is 30.3 Å². The van der Waals surface area contributed by atoms with E-state index in [9.17, 15) is 5.11 Å². The van der Waals surface area contributed by atoms with E-state index in [1.807, 2.05) is 36.6 Å². The predicted molar refractivity (Wildman–Crippen MR) is 74.0 cm³/mol. The van der Waals surface area contributed by atoms with E-state index in [-0.39, 0.29) is 0 Å². The van der Waals surface area contributed by atoms with Crippen LogP contribution in [-0.2, 0) is 0 Å². The van der Waals surface area contributed by atoms with E-state index < -0.39 is 6.10 Å². The number of imidazole rings is 1. The average Bonchev–Trinajstić information content (AvgIpc) is 2.91. The van der Waals surface area contributed by atoms with Gasteiger partial charge in [0.15, 0.2) is 5.65 Å². The molecule has 0 spiro atoms. The van der Waals surface area contributed by atoms with Gasteiger partial charge in [-0.2, -0.15) is 0 Å². The maximum Gasteiger partial charge on any atom is 0.182 e. The number of aromatic nitrogens is 4. The molecule has 2 heterocycles. The fourth-order valence-corrected chi connectivity index (χ4v) is 2.40. The Bertz CT molecular complexity index is 698. The van der Waals surface area contributed by atoms with Crippen molar-refractivity contribution in [1.82, 2.24) is 19.9 Å². The molecular formula is C13H12N4OS. The van der Waals surface area contributed by atoms with Crippen molar-refractivity contribution in [2.45, 2.75) is 11.1 Å². The maximum atomic E-state index is 10.3. The lowest BCUT2D eigenvalue weighted by Crippen LogP contribution is -2.01. The number of hydrogen-bond acceptors (Lipinski definition) is 5. The first-order chi connectivity index (χ1) is 9.29. The van der Waals surface area contributed by atoms with Crippen molar-refractivity contribution >= 4 is 22.9 Å². The number of fused-ring (bicyclic) bond motifs is 1.